The molecule has 2 aliphatic rings. The van der Waals surface area contributed by atoms with Gasteiger partial charge >= 0.3 is 0 Å². The van der Waals surface area contributed by atoms with Crippen LogP contribution in [0.25, 0.3) is 0 Å². The lowest BCUT2D eigenvalue weighted by Gasteiger charge is -2.14. The van der Waals surface area contributed by atoms with Gasteiger partial charge in [-0.05, 0) is 62.8 Å². The first-order valence-electron chi connectivity index (χ1n) is 11.4. The van der Waals surface area contributed by atoms with Gasteiger partial charge in [-0.2, -0.15) is 0 Å². The number of aryl methyl sites for hydroxylation is 1. The van der Waals surface area contributed by atoms with Gasteiger partial charge in [-0.3, -0.25) is 19.5 Å². The summed E-state index contributed by atoms with van der Waals surface area (Å²) in [6, 6.07) is 4.33. The second-order valence-electron chi connectivity index (χ2n) is 9.10. The first kappa shape index (κ1) is 22.9. The van der Waals surface area contributed by atoms with Crippen LogP contribution in [-0.4, -0.2) is 37.6 Å². The SMILES string of the molecule is Cc1ccc(NC(=O)c2c(C)c(C(=O)C(=O)NC3(c4c[nH]nn4)CC3)c3n2CCC3)cc1C(F)F. The Kier molecular flexibility index (Phi) is 5.49. The maximum absolute atomic E-state index is 13.3. The lowest BCUT2D eigenvalue weighted by atomic mass is 10.0. The molecule has 1 aromatic carbocycles. The van der Waals surface area contributed by atoms with E-state index in [-0.39, 0.29) is 22.5 Å². The summed E-state index contributed by atoms with van der Waals surface area (Å²) < 4.78 is 28.3. The number of hydrogen-bond donors (Lipinski definition) is 3. The molecule has 1 aliphatic heterocycles. The lowest BCUT2D eigenvalue weighted by Crippen LogP contribution is -2.40. The second-order valence-corrected chi connectivity index (χ2v) is 9.10. The molecule has 9 nitrogen and oxygen atoms in total. The minimum absolute atomic E-state index is 0.159. The summed E-state index contributed by atoms with van der Waals surface area (Å²) in [5.74, 6) is -1.99. The van der Waals surface area contributed by atoms with Crippen LogP contribution in [-0.2, 0) is 23.3 Å². The molecule has 0 saturated heterocycles. The van der Waals surface area contributed by atoms with Crippen molar-refractivity contribution in [1.82, 2.24) is 25.3 Å². The van der Waals surface area contributed by atoms with Crippen molar-refractivity contribution in [2.24, 2.45) is 0 Å². The fourth-order valence-corrected chi connectivity index (χ4v) is 4.85. The molecule has 35 heavy (non-hydrogen) atoms. The van der Waals surface area contributed by atoms with Crippen LogP contribution in [0.15, 0.2) is 24.4 Å². The van der Waals surface area contributed by atoms with Crippen molar-refractivity contribution in [1.29, 1.82) is 0 Å². The Morgan fingerprint density at radius 1 is 1.20 bits per heavy atom. The molecular formula is C24H24F2N6O3. The number of H-pyrrole nitrogens is 1. The van der Waals surface area contributed by atoms with E-state index in [1.54, 1.807) is 30.7 Å². The zero-order chi connectivity index (χ0) is 24.9. The van der Waals surface area contributed by atoms with E-state index < -0.39 is 29.6 Å². The van der Waals surface area contributed by atoms with Crippen LogP contribution in [0.1, 0.15) is 74.6 Å². The van der Waals surface area contributed by atoms with Crippen molar-refractivity contribution < 1.29 is 23.2 Å². The number of hydrogen-bond acceptors (Lipinski definition) is 5. The number of carbonyl (C=O) groups is 3. The van der Waals surface area contributed by atoms with Crippen LogP contribution in [0.5, 0.6) is 0 Å². The molecule has 5 rings (SSSR count). The normalized spacial score (nSPS) is 15.7. The molecule has 0 bridgehead atoms. The molecule has 1 saturated carbocycles. The molecule has 1 aliphatic carbocycles. The zero-order valence-electron chi connectivity index (χ0n) is 19.2. The number of amides is 2. The molecule has 182 valence electrons. The van der Waals surface area contributed by atoms with Gasteiger partial charge in [-0.25, -0.2) is 8.78 Å². The number of aromatic nitrogens is 4. The highest BCUT2D eigenvalue weighted by molar-refractivity contribution is 6.44. The molecule has 3 heterocycles. The van der Waals surface area contributed by atoms with E-state index >= 15 is 0 Å². The van der Waals surface area contributed by atoms with Gasteiger partial charge in [0.2, 0.25) is 0 Å². The number of aromatic amines is 1. The highest BCUT2D eigenvalue weighted by Gasteiger charge is 2.49. The van der Waals surface area contributed by atoms with Gasteiger partial charge in [0.05, 0.1) is 11.1 Å². The average molecular weight is 482 g/mol. The van der Waals surface area contributed by atoms with E-state index in [2.05, 4.69) is 26.0 Å². The lowest BCUT2D eigenvalue weighted by molar-refractivity contribution is -0.118. The highest BCUT2D eigenvalue weighted by atomic mass is 19.3. The zero-order valence-corrected chi connectivity index (χ0v) is 19.2. The first-order chi connectivity index (χ1) is 16.7. The number of anilines is 1. The Bertz CT molecular complexity index is 1340. The largest absolute Gasteiger partial charge is 0.340 e. The fourth-order valence-electron chi connectivity index (χ4n) is 4.85. The van der Waals surface area contributed by atoms with Crippen molar-refractivity contribution in [2.75, 3.05) is 5.32 Å². The Labute approximate surface area is 199 Å². The van der Waals surface area contributed by atoms with E-state index in [0.29, 0.717) is 48.3 Å². The molecule has 2 amide bonds. The summed E-state index contributed by atoms with van der Waals surface area (Å²) in [5, 5.41) is 15.7. The molecular weight excluding hydrogens is 458 g/mol. The average Bonchev–Trinajstić information content (AvgIpc) is 3.18. The number of nitrogens with one attached hydrogen (secondary N) is 3. The minimum atomic E-state index is -2.67. The number of fused-ring (bicyclic) bond motifs is 1. The highest BCUT2D eigenvalue weighted by Crippen LogP contribution is 2.44. The standard InChI is InChI=1S/C24H24F2N6O3/c1-12-5-6-14(10-15(12)21(25)26)28-22(34)19-13(2)18(16-4-3-9-32(16)19)20(33)23(35)29-24(7-8-24)17-11-27-31-30-17/h5-6,10-11,21H,3-4,7-9H2,1-2H3,(H,28,34)(H,29,35)(H,27,30,31). The number of nitrogens with zero attached hydrogens (tertiary/aromatic N) is 3. The molecule has 0 radical (unpaired) electrons. The molecule has 3 N–H and O–H groups in total. The van der Waals surface area contributed by atoms with E-state index in [0.717, 1.165) is 6.42 Å². The van der Waals surface area contributed by atoms with Gasteiger partial charge in [0, 0.05) is 29.7 Å². The summed E-state index contributed by atoms with van der Waals surface area (Å²) in [4.78, 5) is 39.4. The van der Waals surface area contributed by atoms with Gasteiger partial charge < -0.3 is 15.2 Å². The van der Waals surface area contributed by atoms with E-state index in [4.69, 9.17) is 0 Å². The van der Waals surface area contributed by atoms with Crippen LogP contribution in [0.4, 0.5) is 14.5 Å². The number of benzene rings is 1. The van der Waals surface area contributed by atoms with Crippen LogP contribution in [0, 0.1) is 13.8 Å². The topological polar surface area (TPSA) is 122 Å². The Morgan fingerprint density at radius 3 is 2.63 bits per heavy atom. The van der Waals surface area contributed by atoms with Gasteiger partial charge in [0.15, 0.2) is 0 Å². The number of Topliss-reactive ketones (excluding diaryl/α,β-unsaturated/α-hetero) is 1. The van der Waals surface area contributed by atoms with Crippen LogP contribution < -0.4 is 10.6 Å². The summed E-state index contributed by atoms with van der Waals surface area (Å²) in [5.41, 5.74) is 1.87. The van der Waals surface area contributed by atoms with E-state index in [1.807, 2.05) is 0 Å². The number of rotatable bonds is 7. The molecule has 2 aromatic heterocycles. The van der Waals surface area contributed by atoms with Crippen molar-refractivity contribution >= 4 is 23.3 Å². The van der Waals surface area contributed by atoms with Crippen LogP contribution in [0.3, 0.4) is 0 Å². The second kappa shape index (κ2) is 8.40. The Balaban J connectivity index is 1.42. The number of ketones is 1. The van der Waals surface area contributed by atoms with Crippen LogP contribution >= 0.6 is 0 Å². The summed E-state index contributed by atoms with van der Waals surface area (Å²) in [7, 11) is 0. The quantitative estimate of drug-likeness (QED) is 0.352. The van der Waals surface area contributed by atoms with Gasteiger partial charge in [-0.15, -0.1) is 5.10 Å². The summed E-state index contributed by atoms with van der Waals surface area (Å²) in [6.07, 6.45) is 1.50. The predicted octanol–water partition coefficient (Wildman–Crippen LogP) is 3.35. The Morgan fingerprint density at radius 2 is 1.97 bits per heavy atom. The minimum Gasteiger partial charge on any atom is -0.340 e. The van der Waals surface area contributed by atoms with Crippen LogP contribution in [0.2, 0.25) is 0 Å². The van der Waals surface area contributed by atoms with E-state index in [9.17, 15) is 23.2 Å². The molecule has 3 aromatic rings. The molecule has 0 spiro atoms. The Hall–Kier alpha value is -3.89. The third-order valence-electron chi connectivity index (χ3n) is 6.84. The third-order valence-corrected chi connectivity index (χ3v) is 6.84. The summed E-state index contributed by atoms with van der Waals surface area (Å²) >= 11 is 0. The van der Waals surface area contributed by atoms with E-state index in [1.165, 1.54) is 12.1 Å². The molecule has 11 heteroatoms. The van der Waals surface area contributed by atoms with Gasteiger partial charge in [0.1, 0.15) is 11.4 Å². The van der Waals surface area contributed by atoms with Crippen molar-refractivity contribution in [3.63, 3.8) is 0 Å². The summed E-state index contributed by atoms with van der Waals surface area (Å²) in [6.45, 7) is 3.73. The maximum Gasteiger partial charge on any atom is 0.293 e. The number of carbonyl (C=O) groups excluding carboxylic acids is 3. The molecule has 0 unspecified atom stereocenters. The van der Waals surface area contributed by atoms with Crippen molar-refractivity contribution in [3.8, 4) is 0 Å². The fraction of sp³-hybridized carbons (Fsp3) is 0.375. The smallest absolute Gasteiger partial charge is 0.293 e. The molecule has 0 atom stereocenters. The monoisotopic (exact) mass is 482 g/mol. The van der Waals surface area contributed by atoms with Gasteiger partial charge in [0.25, 0.3) is 24.0 Å². The van der Waals surface area contributed by atoms with Crippen molar-refractivity contribution in [2.45, 2.75) is 58.0 Å². The maximum atomic E-state index is 13.3. The number of halogens is 2. The third kappa shape index (κ3) is 3.90. The number of alkyl halides is 2. The molecule has 1 fully saturated rings. The predicted molar refractivity (Wildman–Crippen MR) is 121 cm³/mol. The first-order valence-corrected chi connectivity index (χ1v) is 11.4. The van der Waals surface area contributed by atoms with Gasteiger partial charge in [-0.1, -0.05) is 11.3 Å². The van der Waals surface area contributed by atoms with Crippen molar-refractivity contribution in [3.05, 3.63) is 63.7 Å².